The molecule has 0 radical (unpaired) electrons. The predicted octanol–water partition coefficient (Wildman–Crippen LogP) is 4.70. The van der Waals surface area contributed by atoms with Gasteiger partial charge in [-0.15, -0.1) is 11.8 Å². The predicted molar refractivity (Wildman–Crippen MR) is 78.7 cm³/mol. The normalized spacial score (nSPS) is 10.7. The average molecular weight is 308 g/mol. The van der Waals surface area contributed by atoms with Crippen LogP contribution in [0.2, 0.25) is 0 Å². The first kappa shape index (κ1) is 15.5. The van der Waals surface area contributed by atoms with Crippen LogP contribution in [0.5, 0.6) is 0 Å². The number of ether oxygens (including phenoxy) is 1. The molecule has 110 valence electrons. The Kier molecular flexibility index (Phi) is 5.33. The van der Waals surface area contributed by atoms with E-state index in [1.54, 1.807) is 0 Å². The summed E-state index contributed by atoms with van der Waals surface area (Å²) in [4.78, 5) is 12.0. The van der Waals surface area contributed by atoms with Crippen molar-refractivity contribution in [2.75, 3.05) is 7.11 Å². The highest BCUT2D eigenvalue weighted by Crippen LogP contribution is 2.35. The summed E-state index contributed by atoms with van der Waals surface area (Å²) >= 11 is 1.22. The maximum atomic E-state index is 13.1. The first-order valence-electron chi connectivity index (χ1n) is 6.29. The Labute approximate surface area is 126 Å². The topological polar surface area (TPSA) is 26.3 Å². The van der Waals surface area contributed by atoms with Crippen molar-refractivity contribution in [1.82, 2.24) is 0 Å². The molecule has 0 spiro atoms. The summed E-state index contributed by atoms with van der Waals surface area (Å²) in [5.41, 5.74) is 1.04. The smallest absolute Gasteiger partial charge is 0.339 e. The van der Waals surface area contributed by atoms with E-state index in [2.05, 4.69) is 4.74 Å². The van der Waals surface area contributed by atoms with Crippen molar-refractivity contribution in [3.05, 3.63) is 65.2 Å². The van der Waals surface area contributed by atoms with E-state index in [4.69, 9.17) is 0 Å². The fourth-order valence-corrected chi connectivity index (χ4v) is 3.02. The van der Waals surface area contributed by atoms with Crippen molar-refractivity contribution < 1.29 is 18.3 Å². The van der Waals surface area contributed by atoms with Gasteiger partial charge in [0.25, 0.3) is 6.43 Å². The fourth-order valence-electron chi connectivity index (χ4n) is 1.89. The molecule has 2 rings (SSSR count). The van der Waals surface area contributed by atoms with Crippen LogP contribution in [-0.4, -0.2) is 13.1 Å². The van der Waals surface area contributed by atoms with E-state index in [1.807, 2.05) is 30.3 Å². The van der Waals surface area contributed by atoms with Crippen LogP contribution in [0, 0.1) is 0 Å². The Bertz CT molecular complexity index is 615. The van der Waals surface area contributed by atoms with Gasteiger partial charge in [-0.3, -0.25) is 0 Å². The first-order valence-corrected chi connectivity index (χ1v) is 7.28. The molecule has 0 heterocycles. The van der Waals surface area contributed by atoms with Gasteiger partial charge in [0, 0.05) is 16.2 Å². The van der Waals surface area contributed by atoms with Gasteiger partial charge in [0.05, 0.1) is 12.7 Å². The van der Waals surface area contributed by atoms with Crippen LogP contribution in [0.1, 0.15) is 27.9 Å². The number of carbonyl (C=O) groups is 1. The molecule has 0 N–H and O–H groups in total. The van der Waals surface area contributed by atoms with Crippen LogP contribution < -0.4 is 0 Å². The Hall–Kier alpha value is -1.88. The molecule has 0 atom stereocenters. The molecule has 0 aliphatic heterocycles. The number of esters is 1. The number of hydrogen-bond donors (Lipinski definition) is 0. The lowest BCUT2D eigenvalue weighted by molar-refractivity contribution is 0.0595. The van der Waals surface area contributed by atoms with Crippen molar-refractivity contribution in [2.24, 2.45) is 0 Å². The second kappa shape index (κ2) is 7.22. The SMILES string of the molecule is COC(=O)c1cccc(C(F)F)c1SCc1ccccc1. The average Bonchev–Trinajstić information content (AvgIpc) is 2.52. The minimum Gasteiger partial charge on any atom is -0.465 e. The van der Waals surface area contributed by atoms with Crippen molar-refractivity contribution in [3.8, 4) is 0 Å². The number of methoxy groups -OCH3 is 1. The van der Waals surface area contributed by atoms with Gasteiger partial charge in [-0.25, -0.2) is 13.6 Å². The molecular formula is C16H14F2O2S. The van der Waals surface area contributed by atoms with Crippen LogP contribution in [0.25, 0.3) is 0 Å². The van der Waals surface area contributed by atoms with E-state index in [9.17, 15) is 13.6 Å². The molecular weight excluding hydrogens is 294 g/mol. The summed E-state index contributed by atoms with van der Waals surface area (Å²) in [6.07, 6.45) is -2.63. The molecule has 0 aromatic heterocycles. The highest BCUT2D eigenvalue weighted by molar-refractivity contribution is 7.98. The van der Waals surface area contributed by atoms with Crippen LogP contribution in [0.4, 0.5) is 8.78 Å². The summed E-state index contributed by atoms with van der Waals surface area (Å²) in [6, 6.07) is 13.8. The summed E-state index contributed by atoms with van der Waals surface area (Å²) in [6.45, 7) is 0. The van der Waals surface area contributed by atoms with Crippen LogP contribution in [-0.2, 0) is 10.5 Å². The molecule has 0 saturated carbocycles. The van der Waals surface area contributed by atoms with Crippen molar-refractivity contribution in [3.63, 3.8) is 0 Å². The summed E-state index contributed by atoms with van der Waals surface area (Å²) < 4.78 is 30.9. The minimum absolute atomic E-state index is 0.140. The number of halogens is 2. The van der Waals surface area contributed by atoms with Crippen molar-refractivity contribution >= 4 is 17.7 Å². The summed E-state index contributed by atoms with van der Waals surface area (Å²) in [5, 5.41) is 0. The molecule has 2 aromatic rings. The highest BCUT2D eigenvalue weighted by Gasteiger charge is 2.20. The van der Waals surface area contributed by atoms with Gasteiger partial charge >= 0.3 is 5.97 Å². The molecule has 5 heteroatoms. The second-order valence-corrected chi connectivity index (χ2v) is 5.28. The van der Waals surface area contributed by atoms with Crippen molar-refractivity contribution in [2.45, 2.75) is 17.1 Å². The number of alkyl halides is 2. The first-order chi connectivity index (χ1) is 10.1. The van der Waals surface area contributed by atoms with Crippen LogP contribution in [0.3, 0.4) is 0 Å². The maximum absolute atomic E-state index is 13.1. The number of hydrogen-bond acceptors (Lipinski definition) is 3. The zero-order valence-electron chi connectivity index (χ0n) is 11.4. The molecule has 0 amide bonds. The van der Waals surface area contributed by atoms with Gasteiger partial charge < -0.3 is 4.74 Å². The molecule has 2 nitrogen and oxygen atoms in total. The molecule has 21 heavy (non-hydrogen) atoms. The van der Waals surface area contributed by atoms with Gasteiger partial charge in [-0.05, 0) is 11.6 Å². The molecule has 0 aliphatic carbocycles. The van der Waals surface area contributed by atoms with E-state index in [0.717, 1.165) is 5.56 Å². The Balaban J connectivity index is 2.32. The number of benzene rings is 2. The van der Waals surface area contributed by atoms with E-state index < -0.39 is 12.4 Å². The Morgan fingerprint density at radius 1 is 1.14 bits per heavy atom. The Morgan fingerprint density at radius 3 is 2.48 bits per heavy atom. The quantitative estimate of drug-likeness (QED) is 0.591. The lowest BCUT2D eigenvalue weighted by Gasteiger charge is -2.12. The zero-order chi connectivity index (χ0) is 15.2. The molecule has 0 aliphatic rings. The monoisotopic (exact) mass is 308 g/mol. The van der Waals surface area contributed by atoms with Gasteiger partial charge in [0.15, 0.2) is 0 Å². The maximum Gasteiger partial charge on any atom is 0.339 e. The van der Waals surface area contributed by atoms with E-state index in [1.165, 1.54) is 37.1 Å². The second-order valence-electron chi connectivity index (χ2n) is 4.29. The Morgan fingerprint density at radius 2 is 1.86 bits per heavy atom. The molecule has 0 fully saturated rings. The zero-order valence-corrected chi connectivity index (χ0v) is 12.2. The number of thioether (sulfide) groups is 1. The van der Waals surface area contributed by atoms with Crippen LogP contribution >= 0.6 is 11.8 Å². The molecule has 2 aromatic carbocycles. The van der Waals surface area contributed by atoms with E-state index >= 15 is 0 Å². The minimum atomic E-state index is -2.63. The summed E-state index contributed by atoms with van der Waals surface area (Å²) in [7, 11) is 1.24. The standard InChI is InChI=1S/C16H14F2O2S/c1-20-16(19)13-9-5-8-12(15(17)18)14(13)21-10-11-6-3-2-4-7-11/h2-9,15H,10H2,1H3. The third-order valence-electron chi connectivity index (χ3n) is 2.91. The third kappa shape index (κ3) is 3.82. The van der Waals surface area contributed by atoms with E-state index in [-0.39, 0.29) is 16.0 Å². The van der Waals surface area contributed by atoms with Crippen LogP contribution in [0.15, 0.2) is 53.4 Å². The third-order valence-corrected chi connectivity index (χ3v) is 4.13. The summed E-state index contributed by atoms with van der Waals surface area (Å²) in [5.74, 6) is -0.0951. The van der Waals surface area contributed by atoms with Gasteiger partial charge in [0.1, 0.15) is 0 Å². The van der Waals surface area contributed by atoms with Gasteiger partial charge in [-0.1, -0.05) is 42.5 Å². The fraction of sp³-hybridized carbons (Fsp3) is 0.188. The largest absolute Gasteiger partial charge is 0.465 e. The molecule has 0 unspecified atom stereocenters. The van der Waals surface area contributed by atoms with E-state index in [0.29, 0.717) is 5.75 Å². The number of rotatable bonds is 5. The van der Waals surface area contributed by atoms with Gasteiger partial charge in [0.2, 0.25) is 0 Å². The lowest BCUT2D eigenvalue weighted by atomic mass is 10.1. The highest BCUT2D eigenvalue weighted by atomic mass is 32.2. The van der Waals surface area contributed by atoms with Gasteiger partial charge in [-0.2, -0.15) is 0 Å². The number of carbonyl (C=O) groups excluding carboxylic acids is 1. The molecule has 0 saturated heterocycles. The van der Waals surface area contributed by atoms with Crippen molar-refractivity contribution in [1.29, 1.82) is 0 Å². The molecule has 0 bridgehead atoms. The lowest BCUT2D eigenvalue weighted by Crippen LogP contribution is -2.05.